The van der Waals surface area contributed by atoms with Crippen LogP contribution < -0.4 is 14.4 Å². The molecule has 1 atom stereocenters. The van der Waals surface area contributed by atoms with Crippen molar-refractivity contribution in [2.45, 2.75) is 24.3 Å². The summed E-state index contributed by atoms with van der Waals surface area (Å²) < 4.78 is 33.1. The second-order valence-corrected chi connectivity index (χ2v) is 9.99. The molecule has 33 heavy (non-hydrogen) atoms. The van der Waals surface area contributed by atoms with E-state index >= 15 is 0 Å². The lowest BCUT2D eigenvalue weighted by Gasteiger charge is -2.26. The number of halogens is 2. The third-order valence-electron chi connectivity index (χ3n) is 5.02. The SMILES string of the molecule is CC[C@@H](NC(=O)CN(c1cc(Cl)cc(Cl)c1)S(=O)(=O)c1ccccc1)c1ccc(OC)cc1. The first-order valence-corrected chi connectivity index (χ1v) is 12.4. The number of ether oxygens (including phenoxy) is 1. The monoisotopic (exact) mass is 506 g/mol. The molecule has 1 amide bonds. The summed E-state index contributed by atoms with van der Waals surface area (Å²) in [5.74, 6) is 0.242. The summed E-state index contributed by atoms with van der Waals surface area (Å²) >= 11 is 12.2. The fraction of sp³-hybridized carbons (Fsp3) is 0.208. The standard InChI is InChI=1S/C24H24Cl2N2O4S/c1-3-23(17-9-11-21(32-2)12-10-17)27-24(29)16-28(20-14-18(25)13-19(26)15-20)33(30,31)22-7-5-4-6-8-22/h4-15,23H,3,16H2,1-2H3,(H,27,29)/t23-/m1/s1. The fourth-order valence-corrected chi connectivity index (χ4v) is 5.29. The predicted molar refractivity (Wildman–Crippen MR) is 132 cm³/mol. The maximum atomic E-state index is 13.4. The minimum atomic E-state index is -4.06. The van der Waals surface area contributed by atoms with E-state index in [1.807, 2.05) is 31.2 Å². The Morgan fingerprint density at radius 1 is 1.00 bits per heavy atom. The van der Waals surface area contributed by atoms with Crippen LogP contribution in [-0.2, 0) is 14.8 Å². The highest BCUT2D eigenvalue weighted by atomic mass is 35.5. The largest absolute Gasteiger partial charge is 0.497 e. The Labute approximate surface area is 204 Å². The first-order chi connectivity index (χ1) is 15.7. The van der Waals surface area contributed by atoms with E-state index in [1.165, 1.54) is 30.3 Å². The number of benzene rings is 3. The van der Waals surface area contributed by atoms with Gasteiger partial charge in [-0.1, -0.05) is 60.5 Å². The van der Waals surface area contributed by atoms with E-state index in [-0.39, 0.29) is 26.7 Å². The number of hydrogen-bond donors (Lipinski definition) is 1. The van der Waals surface area contributed by atoms with E-state index in [0.717, 1.165) is 9.87 Å². The van der Waals surface area contributed by atoms with Gasteiger partial charge in [0.05, 0.1) is 23.7 Å². The van der Waals surface area contributed by atoms with Crippen molar-refractivity contribution in [1.82, 2.24) is 5.32 Å². The van der Waals surface area contributed by atoms with Crippen LogP contribution in [0.3, 0.4) is 0 Å². The first kappa shape index (κ1) is 24.9. The van der Waals surface area contributed by atoms with Crippen LogP contribution >= 0.6 is 23.2 Å². The van der Waals surface area contributed by atoms with Gasteiger partial charge in [0, 0.05) is 10.0 Å². The normalized spacial score (nSPS) is 12.1. The van der Waals surface area contributed by atoms with E-state index < -0.39 is 22.5 Å². The summed E-state index contributed by atoms with van der Waals surface area (Å²) in [6.45, 7) is 1.49. The summed E-state index contributed by atoms with van der Waals surface area (Å²) in [7, 11) is -2.48. The number of anilines is 1. The molecule has 0 saturated heterocycles. The zero-order valence-electron chi connectivity index (χ0n) is 18.2. The molecule has 0 heterocycles. The summed E-state index contributed by atoms with van der Waals surface area (Å²) in [5.41, 5.74) is 1.08. The summed E-state index contributed by atoms with van der Waals surface area (Å²) in [6, 6.07) is 19.4. The Morgan fingerprint density at radius 2 is 1.61 bits per heavy atom. The molecular weight excluding hydrogens is 483 g/mol. The number of hydrogen-bond acceptors (Lipinski definition) is 4. The number of methoxy groups -OCH3 is 1. The molecule has 0 spiro atoms. The van der Waals surface area contributed by atoms with Crippen LogP contribution in [-0.4, -0.2) is 28.0 Å². The molecule has 0 saturated carbocycles. The third-order valence-corrected chi connectivity index (χ3v) is 7.24. The number of amides is 1. The molecule has 0 unspecified atom stereocenters. The lowest BCUT2D eigenvalue weighted by atomic mass is 10.0. The molecule has 0 aromatic heterocycles. The maximum absolute atomic E-state index is 13.4. The highest BCUT2D eigenvalue weighted by molar-refractivity contribution is 7.92. The van der Waals surface area contributed by atoms with E-state index in [4.69, 9.17) is 27.9 Å². The lowest BCUT2D eigenvalue weighted by Crippen LogP contribution is -2.42. The van der Waals surface area contributed by atoms with Gasteiger partial charge in [-0.25, -0.2) is 8.42 Å². The van der Waals surface area contributed by atoms with Gasteiger partial charge in [-0.3, -0.25) is 9.10 Å². The Morgan fingerprint density at radius 3 is 2.15 bits per heavy atom. The van der Waals surface area contributed by atoms with E-state index in [2.05, 4.69) is 5.32 Å². The van der Waals surface area contributed by atoms with Crippen molar-refractivity contribution in [3.05, 3.63) is 88.4 Å². The van der Waals surface area contributed by atoms with Crippen LogP contribution in [0, 0.1) is 0 Å². The molecule has 3 aromatic carbocycles. The molecule has 1 N–H and O–H groups in total. The number of carbonyl (C=O) groups is 1. The minimum Gasteiger partial charge on any atom is -0.497 e. The second-order valence-electron chi connectivity index (χ2n) is 7.25. The summed E-state index contributed by atoms with van der Waals surface area (Å²) in [5, 5.41) is 3.44. The molecule has 0 bridgehead atoms. The summed E-state index contributed by atoms with van der Waals surface area (Å²) in [6.07, 6.45) is 0.618. The average Bonchev–Trinajstić information content (AvgIpc) is 2.81. The number of nitrogens with one attached hydrogen (secondary N) is 1. The number of rotatable bonds is 9. The number of sulfonamides is 1. The maximum Gasteiger partial charge on any atom is 0.264 e. The van der Waals surface area contributed by atoms with Gasteiger partial charge in [0.1, 0.15) is 12.3 Å². The van der Waals surface area contributed by atoms with Crippen LogP contribution in [0.15, 0.2) is 77.7 Å². The first-order valence-electron chi connectivity index (χ1n) is 10.2. The van der Waals surface area contributed by atoms with Crippen molar-refractivity contribution >= 4 is 44.8 Å². The third kappa shape index (κ3) is 6.19. The Bertz CT molecular complexity index is 1180. The highest BCUT2D eigenvalue weighted by Crippen LogP contribution is 2.30. The van der Waals surface area contributed by atoms with Crippen molar-refractivity contribution < 1.29 is 17.9 Å². The van der Waals surface area contributed by atoms with Gasteiger partial charge in [-0.2, -0.15) is 0 Å². The predicted octanol–water partition coefficient (Wildman–Crippen LogP) is 5.46. The zero-order chi connectivity index (χ0) is 24.0. The van der Waals surface area contributed by atoms with E-state index in [0.29, 0.717) is 12.2 Å². The fourth-order valence-electron chi connectivity index (χ4n) is 3.35. The van der Waals surface area contributed by atoms with Gasteiger partial charge in [0.25, 0.3) is 10.0 Å². The number of nitrogens with zero attached hydrogens (tertiary/aromatic N) is 1. The quantitative estimate of drug-likeness (QED) is 0.417. The molecule has 0 fully saturated rings. The van der Waals surface area contributed by atoms with Gasteiger partial charge >= 0.3 is 0 Å². The highest BCUT2D eigenvalue weighted by Gasteiger charge is 2.28. The van der Waals surface area contributed by atoms with Crippen molar-refractivity contribution in [2.24, 2.45) is 0 Å². The molecule has 3 rings (SSSR count). The minimum absolute atomic E-state index is 0.0519. The summed E-state index contributed by atoms with van der Waals surface area (Å²) in [4.78, 5) is 13.1. The second kappa shape index (κ2) is 10.9. The molecule has 0 aliphatic rings. The molecular formula is C24H24Cl2N2O4S. The van der Waals surface area contributed by atoms with Gasteiger partial charge in [-0.05, 0) is 54.4 Å². The van der Waals surface area contributed by atoms with Gasteiger partial charge in [0.15, 0.2) is 0 Å². The van der Waals surface area contributed by atoms with Gasteiger partial charge < -0.3 is 10.1 Å². The van der Waals surface area contributed by atoms with Crippen molar-refractivity contribution in [2.75, 3.05) is 18.0 Å². The molecule has 9 heteroatoms. The van der Waals surface area contributed by atoms with Crippen molar-refractivity contribution in [1.29, 1.82) is 0 Å². The topological polar surface area (TPSA) is 75.7 Å². The molecule has 6 nitrogen and oxygen atoms in total. The van der Waals surface area contributed by atoms with Crippen LogP contribution in [0.1, 0.15) is 24.9 Å². The van der Waals surface area contributed by atoms with Crippen LogP contribution in [0.5, 0.6) is 5.75 Å². The van der Waals surface area contributed by atoms with Crippen molar-refractivity contribution in [3.63, 3.8) is 0 Å². The van der Waals surface area contributed by atoms with Crippen LogP contribution in [0.25, 0.3) is 0 Å². The van der Waals surface area contributed by atoms with Crippen molar-refractivity contribution in [3.8, 4) is 5.75 Å². The van der Waals surface area contributed by atoms with E-state index in [1.54, 1.807) is 25.3 Å². The van der Waals surface area contributed by atoms with Gasteiger partial charge in [0.2, 0.25) is 5.91 Å². The number of carbonyl (C=O) groups excluding carboxylic acids is 1. The molecule has 0 aliphatic carbocycles. The Kier molecular flexibility index (Phi) is 8.24. The van der Waals surface area contributed by atoms with Gasteiger partial charge in [-0.15, -0.1) is 0 Å². The Balaban J connectivity index is 1.91. The zero-order valence-corrected chi connectivity index (χ0v) is 20.5. The lowest BCUT2D eigenvalue weighted by molar-refractivity contribution is -0.120. The van der Waals surface area contributed by atoms with E-state index in [9.17, 15) is 13.2 Å². The molecule has 174 valence electrons. The van der Waals surface area contributed by atoms with Crippen LogP contribution in [0.2, 0.25) is 10.0 Å². The Hall–Kier alpha value is -2.74. The molecule has 3 aromatic rings. The van der Waals surface area contributed by atoms with Crippen LogP contribution in [0.4, 0.5) is 5.69 Å². The molecule has 0 radical (unpaired) electrons. The molecule has 0 aliphatic heterocycles. The average molecular weight is 507 g/mol. The smallest absolute Gasteiger partial charge is 0.264 e.